The molecule has 5 heteroatoms. The maximum atomic E-state index is 10.6. The van der Waals surface area contributed by atoms with Crippen LogP contribution in [0, 0.1) is 11.3 Å². The van der Waals surface area contributed by atoms with Gasteiger partial charge in [0.15, 0.2) is 0 Å². The summed E-state index contributed by atoms with van der Waals surface area (Å²) in [4.78, 5) is 13.9. The minimum Gasteiger partial charge on any atom is -0.628 e. The van der Waals surface area contributed by atoms with Crippen molar-refractivity contribution < 1.29 is 63.3 Å². The molecule has 0 bridgehead atoms. The van der Waals surface area contributed by atoms with Gasteiger partial charge in [-0.25, -0.2) is 0 Å². The summed E-state index contributed by atoms with van der Waals surface area (Å²) in [6.45, 7) is 0. The summed E-state index contributed by atoms with van der Waals surface area (Å²) < 4.78 is 0. The smallest absolute Gasteiger partial charge is 0.628 e. The Morgan fingerprint density at radius 3 is 2.64 bits per heavy atom. The minimum atomic E-state index is -0.692. The van der Waals surface area contributed by atoms with Gasteiger partial charge in [-0.15, -0.1) is 0 Å². The fourth-order valence-electron chi connectivity index (χ4n) is 0.538. The van der Waals surface area contributed by atoms with Crippen LogP contribution in [0.4, 0.5) is 0 Å². The Labute approximate surface area is 112 Å². The molecular formula is C6H3N2O2Rb. The van der Waals surface area contributed by atoms with E-state index < -0.39 is 5.56 Å². The quantitative estimate of drug-likeness (QED) is 0.494. The molecule has 0 aromatic carbocycles. The molecule has 1 aromatic heterocycles. The molecule has 0 radical (unpaired) electrons. The number of hydrogen-bond donors (Lipinski definition) is 1. The summed E-state index contributed by atoms with van der Waals surface area (Å²) in [5, 5.41) is 17.1. The molecule has 0 spiro atoms. The topological polar surface area (TPSA) is 75.2 Å². The zero-order valence-corrected chi connectivity index (χ0v) is 10.8. The van der Waals surface area contributed by atoms with Gasteiger partial charge in [0.1, 0.15) is 17.4 Å². The summed E-state index contributed by atoms with van der Waals surface area (Å²) in [7, 11) is 0. The van der Waals surface area contributed by atoms with E-state index in [1.807, 2.05) is 0 Å². The molecule has 1 aromatic rings. The second-order valence-corrected chi connectivity index (χ2v) is 1.62. The largest absolute Gasteiger partial charge is 1.00 e. The van der Waals surface area contributed by atoms with Crippen LogP contribution >= 0.6 is 0 Å². The molecule has 0 saturated carbocycles. The number of rotatable bonds is 0. The maximum absolute atomic E-state index is 10.6. The average molecular weight is 221 g/mol. The molecule has 1 heterocycles. The van der Waals surface area contributed by atoms with Crippen molar-refractivity contribution in [3.8, 4) is 11.8 Å². The molecule has 4 nitrogen and oxygen atoms in total. The van der Waals surface area contributed by atoms with Gasteiger partial charge in [0.25, 0.3) is 0 Å². The van der Waals surface area contributed by atoms with Crippen molar-refractivity contribution in [2.75, 3.05) is 0 Å². The van der Waals surface area contributed by atoms with Crippen molar-refractivity contribution in [2.24, 2.45) is 0 Å². The number of hydrogen-bond acceptors (Lipinski definition) is 3. The summed E-state index contributed by atoms with van der Waals surface area (Å²) in [6.07, 6.45) is 1.15. The van der Waals surface area contributed by atoms with Gasteiger partial charge in [-0.3, -0.25) is 0 Å². The number of aromatic hydroxyl groups is 1. The number of aromatic nitrogens is 1. The van der Waals surface area contributed by atoms with Crippen LogP contribution < -0.4 is 68.7 Å². The van der Waals surface area contributed by atoms with E-state index in [-0.39, 0.29) is 69.5 Å². The van der Waals surface area contributed by atoms with Gasteiger partial charge in [0.2, 0.25) is 0 Å². The van der Waals surface area contributed by atoms with Crippen molar-refractivity contribution >= 4 is 0 Å². The third kappa shape index (κ3) is 2.53. The monoisotopic (exact) mass is 220 g/mol. The molecule has 0 saturated heterocycles. The number of pyridine rings is 1. The van der Waals surface area contributed by atoms with Crippen LogP contribution in [0.3, 0.4) is 0 Å². The van der Waals surface area contributed by atoms with E-state index in [2.05, 4.69) is 4.98 Å². The molecular weight excluding hydrogens is 218 g/mol. The molecule has 0 aliphatic carbocycles. The standard InChI is InChI=1S/C6H4N2O2.Rb/c7-3-4-5(9)1-2-8-6(4)10;/h1-2H,(H2,8,9,10);/q;+1/p-1. The Bertz CT molecular complexity index is 339. The third-order valence-electron chi connectivity index (χ3n) is 1.01. The van der Waals surface area contributed by atoms with E-state index in [9.17, 15) is 4.79 Å². The molecule has 0 fully saturated rings. The van der Waals surface area contributed by atoms with Crippen LogP contribution in [0.15, 0.2) is 17.1 Å². The predicted octanol–water partition coefficient (Wildman–Crippen LogP) is -3.41. The van der Waals surface area contributed by atoms with E-state index in [1.165, 1.54) is 12.1 Å². The van der Waals surface area contributed by atoms with Crippen LogP contribution in [0.5, 0.6) is 5.75 Å². The van der Waals surface area contributed by atoms with Gasteiger partial charge in [-0.2, -0.15) is 11.5 Å². The van der Waals surface area contributed by atoms with Crippen LogP contribution in [-0.4, -0.2) is 5.11 Å². The molecule has 1 N–H and O–H groups in total. The Morgan fingerprint density at radius 1 is 1.64 bits per heavy atom. The third-order valence-corrected chi connectivity index (χ3v) is 1.01. The number of nitrogens with zero attached hydrogens (tertiary/aromatic N) is 2. The molecule has 0 aliphatic rings. The van der Waals surface area contributed by atoms with E-state index in [0.29, 0.717) is 0 Å². The molecule has 1 rings (SSSR count). The van der Waals surface area contributed by atoms with Crippen LogP contribution in [0.25, 0.3) is 0 Å². The van der Waals surface area contributed by atoms with Crippen LogP contribution in [-0.2, 0) is 0 Å². The van der Waals surface area contributed by atoms with Crippen molar-refractivity contribution in [2.45, 2.75) is 0 Å². The molecule has 0 aliphatic heterocycles. The zero-order valence-electron chi connectivity index (χ0n) is 5.90. The summed E-state index contributed by atoms with van der Waals surface area (Å²) in [5.41, 5.74) is -0.995. The van der Waals surface area contributed by atoms with Gasteiger partial charge >= 0.3 is 58.2 Å². The Balaban J connectivity index is 0.000001000. The van der Waals surface area contributed by atoms with Gasteiger partial charge in [-0.05, 0) is 6.07 Å². The fraction of sp³-hybridized carbons (Fsp3) is 0. The second-order valence-electron chi connectivity index (χ2n) is 1.62. The van der Waals surface area contributed by atoms with E-state index in [0.717, 1.165) is 6.20 Å². The van der Waals surface area contributed by atoms with Crippen LogP contribution in [0.2, 0.25) is 0 Å². The van der Waals surface area contributed by atoms with Gasteiger partial charge in [0.05, 0.1) is 5.56 Å². The van der Waals surface area contributed by atoms with Crippen molar-refractivity contribution in [1.82, 2.24) is 4.98 Å². The average Bonchev–Trinajstić information content (AvgIpc) is 1.88. The molecule has 0 unspecified atom stereocenters. The molecule has 0 atom stereocenters. The van der Waals surface area contributed by atoms with Crippen molar-refractivity contribution in [1.29, 1.82) is 5.26 Å². The molecule has 0 amide bonds. The Morgan fingerprint density at radius 2 is 2.27 bits per heavy atom. The zero-order chi connectivity index (χ0) is 7.56. The number of nitriles is 1. The first-order valence-electron chi connectivity index (χ1n) is 2.51. The van der Waals surface area contributed by atoms with E-state index >= 15 is 0 Å². The van der Waals surface area contributed by atoms with Gasteiger partial charge in [-0.1, -0.05) is 0 Å². The normalized spacial score (nSPS) is 7.91. The predicted molar refractivity (Wildman–Crippen MR) is 32.4 cm³/mol. The van der Waals surface area contributed by atoms with Crippen molar-refractivity contribution in [3.63, 3.8) is 0 Å². The van der Waals surface area contributed by atoms with Gasteiger partial charge < -0.3 is 14.9 Å². The minimum absolute atomic E-state index is 0. The SMILES string of the molecule is N#Cc1c(O)cc[n-]c1=O.[Rb+]. The first-order valence-corrected chi connectivity index (χ1v) is 2.51. The second kappa shape index (κ2) is 4.83. The fourth-order valence-corrected chi connectivity index (χ4v) is 0.538. The maximum Gasteiger partial charge on any atom is 1.00 e. The Hall–Kier alpha value is 0.0452. The van der Waals surface area contributed by atoms with Gasteiger partial charge in [0, 0.05) is 0 Å². The molecule has 11 heavy (non-hydrogen) atoms. The van der Waals surface area contributed by atoms with Crippen LogP contribution in [0.1, 0.15) is 5.56 Å². The summed E-state index contributed by atoms with van der Waals surface area (Å²) in [5.74, 6) is -0.317. The molecule has 50 valence electrons. The van der Waals surface area contributed by atoms with E-state index in [4.69, 9.17) is 10.4 Å². The summed E-state index contributed by atoms with van der Waals surface area (Å²) >= 11 is 0. The Kier molecular flexibility index (Phi) is 4.85. The van der Waals surface area contributed by atoms with Crippen molar-refractivity contribution in [3.05, 3.63) is 28.2 Å². The summed E-state index contributed by atoms with van der Waals surface area (Å²) in [6, 6.07) is 2.73. The van der Waals surface area contributed by atoms with E-state index in [1.54, 1.807) is 0 Å². The first kappa shape index (κ1) is 11.0. The first-order chi connectivity index (χ1) is 4.75.